The third kappa shape index (κ3) is 4.28. The summed E-state index contributed by atoms with van der Waals surface area (Å²) in [4.78, 5) is 9.68. The van der Waals surface area contributed by atoms with Gasteiger partial charge in [0.2, 0.25) is 5.28 Å². The first-order valence-corrected chi connectivity index (χ1v) is 20.1. The lowest BCUT2D eigenvalue weighted by atomic mass is 9.97. The molecule has 0 atom stereocenters. The Hall–Kier alpha value is -6.99. The standard InChI is InChI=1S/C50H27ClN4OS/c51-50-52-45-34-17-7-10-20-41(34)56-47(45)49(53-50)55-40-25-23-29(28-22-24-39-36(26-28)31-14-6-9-19-38(31)54(39)30-12-2-1-3-13-30)27-37(40)43-44-35-18-8-11-21-42(35)57-48(44)33-16-5-4-15-32(33)46(43)55/h1-27H. The van der Waals surface area contributed by atoms with Crippen molar-refractivity contribution in [2.45, 2.75) is 0 Å². The molecule has 5 heterocycles. The summed E-state index contributed by atoms with van der Waals surface area (Å²) >= 11 is 8.69. The van der Waals surface area contributed by atoms with E-state index in [4.69, 9.17) is 26.0 Å². The second kappa shape index (κ2) is 11.5. The van der Waals surface area contributed by atoms with Crippen LogP contribution in [0.3, 0.4) is 0 Å². The van der Waals surface area contributed by atoms with E-state index < -0.39 is 0 Å². The van der Waals surface area contributed by atoms with Gasteiger partial charge < -0.3 is 8.98 Å². The third-order valence-corrected chi connectivity index (χ3v) is 13.0. The summed E-state index contributed by atoms with van der Waals surface area (Å²) in [5.41, 5.74) is 9.91. The molecule has 0 amide bonds. The predicted molar refractivity (Wildman–Crippen MR) is 239 cm³/mol. The van der Waals surface area contributed by atoms with Crippen molar-refractivity contribution in [1.82, 2.24) is 19.1 Å². The molecule has 0 saturated heterocycles. The molecule has 266 valence electrons. The molecule has 5 aromatic heterocycles. The summed E-state index contributed by atoms with van der Waals surface area (Å²) in [6.45, 7) is 0. The molecule has 0 radical (unpaired) electrons. The zero-order valence-electron chi connectivity index (χ0n) is 30.1. The van der Waals surface area contributed by atoms with Gasteiger partial charge in [-0.1, -0.05) is 103 Å². The van der Waals surface area contributed by atoms with Crippen LogP contribution in [0, 0.1) is 0 Å². The Labute approximate surface area is 333 Å². The van der Waals surface area contributed by atoms with Crippen molar-refractivity contribution in [2.75, 3.05) is 0 Å². The van der Waals surface area contributed by atoms with Crippen LogP contribution < -0.4 is 0 Å². The number of furan rings is 1. The van der Waals surface area contributed by atoms with Crippen LogP contribution in [0.25, 0.3) is 119 Å². The van der Waals surface area contributed by atoms with E-state index in [2.05, 4.69) is 149 Å². The Morgan fingerprint density at radius 1 is 0.491 bits per heavy atom. The van der Waals surface area contributed by atoms with Crippen LogP contribution in [0.1, 0.15) is 0 Å². The summed E-state index contributed by atoms with van der Waals surface area (Å²) in [7, 11) is 0. The van der Waals surface area contributed by atoms with Gasteiger partial charge >= 0.3 is 0 Å². The first-order valence-electron chi connectivity index (χ1n) is 18.9. The number of hydrogen-bond donors (Lipinski definition) is 0. The SMILES string of the molecule is Clc1nc(-n2c3ccc(-c4ccc5c(c4)c4ccccc4n5-c4ccccc4)cc3c3c4c5ccccc5sc4c4ccccc4c32)c2oc3ccccc3c2n1. The lowest BCUT2D eigenvalue weighted by Gasteiger charge is -2.11. The van der Waals surface area contributed by atoms with E-state index in [1.54, 1.807) is 0 Å². The number of aromatic nitrogens is 4. The molecule has 0 fully saturated rings. The molecule has 0 spiro atoms. The maximum atomic E-state index is 6.83. The summed E-state index contributed by atoms with van der Waals surface area (Å²) in [5.74, 6) is 0.619. The van der Waals surface area contributed by atoms with Crippen molar-refractivity contribution in [3.05, 3.63) is 169 Å². The van der Waals surface area contributed by atoms with Gasteiger partial charge in [-0.15, -0.1) is 11.3 Å². The van der Waals surface area contributed by atoms with Gasteiger partial charge in [0, 0.05) is 63.6 Å². The molecule has 57 heavy (non-hydrogen) atoms. The minimum atomic E-state index is 0.171. The van der Waals surface area contributed by atoms with Crippen LogP contribution >= 0.6 is 22.9 Å². The van der Waals surface area contributed by atoms with Crippen LogP contribution in [0.15, 0.2) is 168 Å². The van der Waals surface area contributed by atoms with Crippen molar-refractivity contribution in [3.8, 4) is 22.6 Å². The third-order valence-electron chi connectivity index (χ3n) is 11.6. The van der Waals surface area contributed by atoms with E-state index in [-0.39, 0.29) is 5.28 Å². The maximum absolute atomic E-state index is 6.83. The Bertz CT molecular complexity index is 3840. The van der Waals surface area contributed by atoms with Crippen LogP contribution in [0.4, 0.5) is 0 Å². The van der Waals surface area contributed by atoms with E-state index >= 15 is 0 Å². The fourth-order valence-corrected chi connectivity index (χ4v) is 10.7. The number of para-hydroxylation sites is 3. The Kier molecular flexibility index (Phi) is 6.32. The largest absolute Gasteiger partial charge is 0.450 e. The van der Waals surface area contributed by atoms with E-state index in [0.29, 0.717) is 16.9 Å². The second-order valence-corrected chi connectivity index (χ2v) is 16.0. The average Bonchev–Trinajstić information content (AvgIpc) is 4.01. The molecule has 7 heteroatoms. The van der Waals surface area contributed by atoms with E-state index in [9.17, 15) is 0 Å². The quantitative estimate of drug-likeness (QED) is 0.168. The summed E-state index contributed by atoms with van der Waals surface area (Å²) in [5, 5.41) is 10.6. The highest BCUT2D eigenvalue weighted by Gasteiger charge is 2.26. The van der Waals surface area contributed by atoms with Gasteiger partial charge in [0.25, 0.3) is 0 Å². The number of thiophene rings is 1. The van der Waals surface area contributed by atoms with Gasteiger partial charge in [0.15, 0.2) is 11.4 Å². The second-order valence-electron chi connectivity index (χ2n) is 14.7. The highest BCUT2D eigenvalue weighted by atomic mass is 35.5. The fraction of sp³-hybridized carbons (Fsp3) is 0. The molecule has 0 aliphatic carbocycles. The topological polar surface area (TPSA) is 48.8 Å². The first-order chi connectivity index (χ1) is 28.2. The number of fused-ring (bicyclic) bond motifs is 16. The molecule has 0 saturated carbocycles. The molecule has 0 aliphatic heterocycles. The van der Waals surface area contributed by atoms with Crippen molar-refractivity contribution in [2.24, 2.45) is 0 Å². The van der Waals surface area contributed by atoms with Gasteiger partial charge in [-0.2, -0.15) is 4.98 Å². The van der Waals surface area contributed by atoms with E-state index in [1.807, 2.05) is 35.6 Å². The highest BCUT2D eigenvalue weighted by molar-refractivity contribution is 7.27. The Balaban J connectivity index is 1.17. The molecular weight excluding hydrogens is 740 g/mol. The molecule has 13 aromatic rings. The summed E-state index contributed by atoms with van der Waals surface area (Å²) in [6, 6.07) is 58.5. The summed E-state index contributed by atoms with van der Waals surface area (Å²) < 4.78 is 13.8. The summed E-state index contributed by atoms with van der Waals surface area (Å²) in [6.07, 6.45) is 0. The van der Waals surface area contributed by atoms with Crippen LogP contribution in [0.2, 0.25) is 5.28 Å². The van der Waals surface area contributed by atoms with Crippen LogP contribution in [0.5, 0.6) is 0 Å². The van der Waals surface area contributed by atoms with Crippen LogP contribution in [-0.4, -0.2) is 19.1 Å². The van der Waals surface area contributed by atoms with Gasteiger partial charge in [-0.3, -0.25) is 4.57 Å². The first kappa shape index (κ1) is 31.2. The van der Waals surface area contributed by atoms with E-state index in [1.165, 1.54) is 52.8 Å². The molecule has 0 aliphatic rings. The molecule has 0 bridgehead atoms. The zero-order valence-corrected chi connectivity index (χ0v) is 31.6. The number of hydrogen-bond acceptors (Lipinski definition) is 4. The molecular formula is C50H27ClN4OS. The zero-order chi connectivity index (χ0) is 37.4. The van der Waals surface area contributed by atoms with Crippen molar-refractivity contribution >= 4 is 120 Å². The van der Waals surface area contributed by atoms with Crippen molar-refractivity contribution in [3.63, 3.8) is 0 Å². The van der Waals surface area contributed by atoms with Crippen molar-refractivity contribution < 1.29 is 4.42 Å². The number of nitrogens with zero attached hydrogens (tertiary/aromatic N) is 4. The highest BCUT2D eigenvalue weighted by Crippen LogP contribution is 2.49. The number of halogens is 1. The molecule has 13 rings (SSSR count). The fourth-order valence-electron chi connectivity index (χ4n) is 9.28. The predicted octanol–water partition coefficient (Wildman–Crippen LogP) is 14.4. The average molecular weight is 767 g/mol. The normalized spacial score (nSPS) is 12.3. The van der Waals surface area contributed by atoms with Crippen LogP contribution in [-0.2, 0) is 0 Å². The number of benzene rings is 8. The molecule has 5 nitrogen and oxygen atoms in total. The molecule has 8 aromatic carbocycles. The van der Waals surface area contributed by atoms with Gasteiger partial charge in [-0.05, 0) is 83.4 Å². The Morgan fingerprint density at radius 3 is 1.95 bits per heavy atom. The Morgan fingerprint density at radius 2 is 1.12 bits per heavy atom. The smallest absolute Gasteiger partial charge is 0.225 e. The van der Waals surface area contributed by atoms with Gasteiger partial charge in [0.05, 0.1) is 22.1 Å². The maximum Gasteiger partial charge on any atom is 0.225 e. The lowest BCUT2D eigenvalue weighted by Crippen LogP contribution is -2.00. The molecule has 0 N–H and O–H groups in total. The van der Waals surface area contributed by atoms with Gasteiger partial charge in [0.1, 0.15) is 11.1 Å². The van der Waals surface area contributed by atoms with Gasteiger partial charge in [-0.25, -0.2) is 4.98 Å². The van der Waals surface area contributed by atoms with E-state index in [0.717, 1.165) is 49.6 Å². The van der Waals surface area contributed by atoms with Crippen molar-refractivity contribution in [1.29, 1.82) is 0 Å². The minimum Gasteiger partial charge on any atom is -0.450 e. The monoisotopic (exact) mass is 766 g/mol. The molecule has 0 unspecified atom stereocenters. The minimum absolute atomic E-state index is 0.171. The number of rotatable bonds is 3. The lowest BCUT2D eigenvalue weighted by molar-refractivity contribution is 0.662.